The van der Waals surface area contributed by atoms with Crippen LogP contribution >= 0.6 is 0 Å². The molecular formula is C22H22N4O2. The summed E-state index contributed by atoms with van der Waals surface area (Å²) in [6, 6.07) is 10.4. The van der Waals surface area contributed by atoms with Gasteiger partial charge in [0.1, 0.15) is 17.6 Å². The van der Waals surface area contributed by atoms with Crippen molar-refractivity contribution in [3.63, 3.8) is 0 Å². The Kier molecular flexibility index (Phi) is 4.33. The zero-order valence-electron chi connectivity index (χ0n) is 15.8. The number of aromatic nitrogens is 3. The molecule has 1 unspecified atom stereocenters. The monoisotopic (exact) mass is 374 g/mol. The minimum atomic E-state index is 0.199. The minimum absolute atomic E-state index is 0.199. The second-order valence-electron chi connectivity index (χ2n) is 6.99. The second-order valence-corrected chi connectivity index (χ2v) is 6.99. The number of fused-ring (bicyclic) bond motifs is 2. The van der Waals surface area contributed by atoms with Crippen LogP contribution in [0.5, 0.6) is 11.5 Å². The number of benzene rings is 1. The average Bonchev–Trinajstić information content (AvgIpc) is 3.38. The van der Waals surface area contributed by atoms with Crippen molar-refractivity contribution < 1.29 is 9.47 Å². The van der Waals surface area contributed by atoms with Crippen LogP contribution in [0.4, 0.5) is 0 Å². The molecule has 1 fully saturated rings. The van der Waals surface area contributed by atoms with Crippen molar-refractivity contribution >= 4 is 16.3 Å². The molecule has 0 spiro atoms. The van der Waals surface area contributed by atoms with Crippen LogP contribution in [-0.4, -0.2) is 40.4 Å². The summed E-state index contributed by atoms with van der Waals surface area (Å²) in [4.78, 5) is 4.35. The summed E-state index contributed by atoms with van der Waals surface area (Å²) in [5.74, 6) is 1.65. The summed E-state index contributed by atoms with van der Waals surface area (Å²) in [6.45, 7) is 4.49. The molecule has 4 heterocycles. The first-order chi connectivity index (χ1) is 13.8. The highest BCUT2D eigenvalue weighted by molar-refractivity contribution is 5.93. The van der Waals surface area contributed by atoms with Gasteiger partial charge in [-0.15, -0.1) is 0 Å². The van der Waals surface area contributed by atoms with E-state index < -0.39 is 0 Å². The molecule has 6 heteroatoms. The summed E-state index contributed by atoms with van der Waals surface area (Å²) in [7, 11) is 0. The number of ether oxygens (including phenoxy) is 2. The third-order valence-electron chi connectivity index (χ3n) is 5.14. The van der Waals surface area contributed by atoms with E-state index in [0.29, 0.717) is 6.61 Å². The van der Waals surface area contributed by atoms with Gasteiger partial charge in [-0.2, -0.15) is 5.10 Å². The van der Waals surface area contributed by atoms with Crippen molar-refractivity contribution in [3.8, 4) is 22.6 Å². The first kappa shape index (κ1) is 17.0. The van der Waals surface area contributed by atoms with Gasteiger partial charge in [-0.3, -0.25) is 4.98 Å². The number of hydrogen-bond donors (Lipinski definition) is 1. The molecule has 1 aliphatic heterocycles. The van der Waals surface area contributed by atoms with Gasteiger partial charge in [-0.1, -0.05) is 12.1 Å². The number of hydrogen-bond acceptors (Lipinski definition) is 5. The van der Waals surface area contributed by atoms with Crippen molar-refractivity contribution in [3.05, 3.63) is 55.1 Å². The third kappa shape index (κ3) is 3.05. The van der Waals surface area contributed by atoms with E-state index in [4.69, 9.17) is 9.47 Å². The Morgan fingerprint density at radius 1 is 1.18 bits per heavy atom. The lowest BCUT2D eigenvalue weighted by atomic mass is 10.0. The van der Waals surface area contributed by atoms with Crippen LogP contribution in [0.25, 0.3) is 27.4 Å². The molecule has 1 saturated heterocycles. The second kappa shape index (κ2) is 7.13. The van der Waals surface area contributed by atoms with Gasteiger partial charge in [0, 0.05) is 29.1 Å². The normalized spacial score (nSPS) is 16.7. The van der Waals surface area contributed by atoms with Crippen LogP contribution < -0.4 is 14.8 Å². The predicted molar refractivity (Wildman–Crippen MR) is 109 cm³/mol. The fourth-order valence-electron chi connectivity index (χ4n) is 3.75. The van der Waals surface area contributed by atoms with Crippen molar-refractivity contribution in [1.82, 2.24) is 19.9 Å². The fraction of sp³-hybridized carbons (Fsp3) is 0.273. The van der Waals surface area contributed by atoms with Crippen molar-refractivity contribution in [2.24, 2.45) is 0 Å². The van der Waals surface area contributed by atoms with Gasteiger partial charge >= 0.3 is 0 Å². The van der Waals surface area contributed by atoms with Gasteiger partial charge in [0.15, 0.2) is 0 Å². The average molecular weight is 374 g/mol. The lowest BCUT2D eigenvalue weighted by Gasteiger charge is -2.14. The summed E-state index contributed by atoms with van der Waals surface area (Å²) in [5, 5.41) is 10.00. The molecule has 4 aromatic rings. The Labute approximate surface area is 163 Å². The van der Waals surface area contributed by atoms with E-state index in [1.54, 1.807) is 0 Å². The van der Waals surface area contributed by atoms with E-state index in [1.165, 1.54) is 0 Å². The lowest BCUT2D eigenvalue weighted by molar-refractivity contribution is 0.225. The molecular weight excluding hydrogens is 352 g/mol. The van der Waals surface area contributed by atoms with Crippen molar-refractivity contribution in [2.75, 3.05) is 19.7 Å². The Bertz CT molecular complexity index is 1130. The molecule has 3 aromatic heterocycles. The largest absolute Gasteiger partial charge is 0.492 e. The van der Waals surface area contributed by atoms with Gasteiger partial charge in [0.25, 0.3) is 0 Å². The maximum Gasteiger partial charge on any atom is 0.145 e. The first-order valence-corrected chi connectivity index (χ1v) is 9.67. The van der Waals surface area contributed by atoms with Crippen LogP contribution in [0.3, 0.4) is 0 Å². The molecule has 0 aliphatic carbocycles. The maximum absolute atomic E-state index is 6.23. The summed E-state index contributed by atoms with van der Waals surface area (Å²) < 4.78 is 13.7. The van der Waals surface area contributed by atoms with E-state index in [0.717, 1.165) is 58.4 Å². The molecule has 0 amide bonds. The van der Waals surface area contributed by atoms with Crippen LogP contribution in [0, 0.1) is 0 Å². The highest BCUT2D eigenvalue weighted by Gasteiger charge is 2.18. The third-order valence-corrected chi connectivity index (χ3v) is 5.14. The molecule has 0 radical (unpaired) electrons. The molecule has 1 N–H and O–H groups in total. The van der Waals surface area contributed by atoms with Gasteiger partial charge in [0.05, 0.1) is 30.7 Å². The summed E-state index contributed by atoms with van der Waals surface area (Å²) in [6.07, 6.45) is 8.72. The molecule has 1 aliphatic rings. The molecule has 0 bridgehead atoms. The zero-order valence-corrected chi connectivity index (χ0v) is 15.8. The molecule has 28 heavy (non-hydrogen) atoms. The molecule has 142 valence electrons. The SMILES string of the molecule is CCOc1ccc2c(-c3ccc4cncc(OC5CCNC5)c4c3)cnn2c1. The van der Waals surface area contributed by atoms with Crippen LogP contribution in [0.15, 0.2) is 55.1 Å². The molecule has 1 atom stereocenters. The predicted octanol–water partition coefficient (Wildman–Crippen LogP) is 3.69. The van der Waals surface area contributed by atoms with Gasteiger partial charge in [-0.25, -0.2) is 4.52 Å². The number of nitrogens with one attached hydrogen (secondary N) is 1. The highest BCUT2D eigenvalue weighted by Crippen LogP contribution is 2.33. The van der Waals surface area contributed by atoms with Crippen LogP contribution in [-0.2, 0) is 0 Å². The topological polar surface area (TPSA) is 60.7 Å². The van der Waals surface area contributed by atoms with Crippen molar-refractivity contribution in [2.45, 2.75) is 19.4 Å². The lowest BCUT2D eigenvalue weighted by Crippen LogP contribution is -2.19. The van der Waals surface area contributed by atoms with Crippen molar-refractivity contribution in [1.29, 1.82) is 0 Å². The molecule has 1 aromatic carbocycles. The first-order valence-electron chi connectivity index (χ1n) is 9.67. The number of nitrogens with zero attached hydrogens (tertiary/aromatic N) is 3. The number of rotatable bonds is 5. The Morgan fingerprint density at radius 3 is 3.00 bits per heavy atom. The van der Waals surface area contributed by atoms with Gasteiger partial charge in [0.2, 0.25) is 0 Å². The highest BCUT2D eigenvalue weighted by atomic mass is 16.5. The smallest absolute Gasteiger partial charge is 0.145 e. The van der Waals surface area contributed by atoms with E-state index in [9.17, 15) is 0 Å². The summed E-state index contributed by atoms with van der Waals surface area (Å²) >= 11 is 0. The summed E-state index contributed by atoms with van der Waals surface area (Å²) in [5.41, 5.74) is 3.22. The molecule has 0 saturated carbocycles. The standard InChI is InChI=1S/C22H22N4O2/c1-2-27-18-5-6-21-20(12-25-26(21)14-18)15-3-4-16-10-24-13-22(19(16)9-15)28-17-7-8-23-11-17/h3-6,9-10,12-14,17,23H,2,7-8,11H2,1H3. The van der Waals surface area contributed by atoms with E-state index in [2.05, 4.69) is 33.6 Å². The van der Waals surface area contributed by atoms with E-state index in [-0.39, 0.29) is 6.10 Å². The van der Waals surface area contributed by atoms with Crippen LogP contribution in [0.1, 0.15) is 13.3 Å². The van der Waals surface area contributed by atoms with Crippen LogP contribution in [0.2, 0.25) is 0 Å². The Morgan fingerprint density at radius 2 is 2.14 bits per heavy atom. The van der Waals surface area contributed by atoms with E-state index >= 15 is 0 Å². The zero-order chi connectivity index (χ0) is 18.9. The molecule has 6 nitrogen and oxygen atoms in total. The fourth-order valence-corrected chi connectivity index (χ4v) is 3.75. The van der Waals surface area contributed by atoms with Gasteiger partial charge < -0.3 is 14.8 Å². The molecule has 5 rings (SSSR count). The maximum atomic E-state index is 6.23. The van der Waals surface area contributed by atoms with E-state index in [1.807, 2.05) is 48.4 Å². The quantitative estimate of drug-likeness (QED) is 0.577. The van der Waals surface area contributed by atoms with Gasteiger partial charge in [-0.05, 0) is 43.7 Å². The number of pyridine rings is 2. The Hall–Kier alpha value is -3.12. The Balaban J connectivity index is 1.56. The minimum Gasteiger partial charge on any atom is -0.492 e.